The van der Waals surface area contributed by atoms with Gasteiger partial charge >= 0.3 is 0 Å². The molecule has 0 aliphatic heterocycles. The van der Waals surface area contributed by atoms with E-state index in [1.54, 1.807) is 24.3 Å². The summed E-state index contributed by atoms with van der Waals surface area (Å²) >= 11 is 0. The summed E-state index contributed by atoms with van der Waals surface area (Å²) < 4.78 is 28.0. The van der Waals surface area contributed by atoms with Gasteiger partial charge in [0.05, 0.1) is 17.2 Å². The first-order valence-electron chi connectivity index (χ1n) is 7.51. The summed E-state index contributed by atoms with van der Waals surface area (Å²) in [7, 11) is -3.60. The zero-order chi connectivity index (χ0) is 16.4. The molecular weight excluding hydrogens is 310 g/mol. The third kappa shape index (κ3) is 3.30. The van der Waals surface area contributed by atoms with E-state index in [1.165, 1.54) is 5.56 Å². The van der Waals surface area contributed by atoms with Gasteiger partial charge in [-0.1, -0.05) is 36.4 Å². The Hall–Kier alpha value is -2.11. The smallest absolute Gasteiger partial charge is 0.258 e. The van der Waals surface area contributed by atoms with Crippen LogP contribution in [0.2, 0.25) is 0 Å². The van der Waals surface area contributed by atoms with Crippen LogP contribution in [0.15, 0.2) is 47.4 Å². The second-order valence-corrected chi connectivity index (χ2v) is 7.46. The minimum absolute atomic E-state index is 0.120. The first kappa shape index (κ1) is 15.8. The normalized spacial score (nSPS) is 14.1. The molecule has 0 saturated heterocycles. The molecule has 120 valence electrons. The van der Waals surface area contributed by atoms with E-state index < -0.39 is 10.0 Å². The summed E-state index contributed by atoms with van der Waals surface area (Å²) in [6, 6.07) is 13.1. The lowest BCUT2D eigenvalue weighted by molar-refractivity contribution is 0.282. The van der Waals surface area contributed by atoms with Crippen molar-refractivity contribution in [3.05, 3.63) is 69.6 Å². The topological polar surface area (TPSA) is 66.4 Å². The molecule has 23 heavy (non-hydrogen) atoms. The van der Waals surface area contributed by atoms with Gasteiger partial charge in [0.25, 0.3) is 10.0 Å². The number of benzene rings is 2. The minimum Gasteiger partial charge on any atom is -0.392 e. The van der Waals surface area contributed by atoms with Crippen LogP contribution in [0.25, 0.3) is 6.08 Å². The number of allylic oxidation sites excluding steroid dienone is 1. The Morgan fingerprint density at radius 3 is 2.70 bits per heavy atom. The number of hydrogen-bond acceptors (Lipinski definition) is 3. The van der Waals surface area contributed by atoms with Crippen molar-refractivity contribution >= 4 is 21.8 Å². The summed E-state index contributed by atoms with van der Waals surface area (Å²) in [4.78, 5) is 0.394. The molecule has 1 aliphatic rings. The highest BCUT2D eigenvalue weighted by Gasteiger charge is 2.22. The monoisotopic (exact) mass is 329 g/mol. The summed E-state index contributed by atoms with van der Waals surface area (Å²) in [5, 5.41) is 9.22. The maximum absolute atomic E-state index is 12.7. The fourth-order valence-electron chi connectivity index (χ4n) is 2.71. The van der Waals surface area contributed by atoms with Gasteiger partial charge in [0.15, 0.2) is 0 Å². The molecule has 0 spiro atoms. The van der Waals surface area contributed by atoms with Crippen molar-refractivity contribution in [2.45, 2.75) is 26.4 Å². The van der Waals surface area contributed by atoms with Crippen LogP contribution in [-0.2, 0) is 23.1 Å². The highest BCUT2D eigenvalue weighted by molar-refractivity contribution is 7.96. The zero-order valence-corrected chi connectivity index (χ0v) is 13.7. The number of sulfonamides is 1. The number of anilines is 1. The van der Waals surface area contributed by atoms with Crippen LogP contribution in [-0.4, -0.2) is 13.5 Å². The van der Waals surface area contributed by atoms with Gasteiger partial charge in [-0.3, -0.25) is 4.72 Å². The van der Waals surface area contributed by atoms with E-state index in [9.17, 15) is 13.5 Å². The summed E-state index contributed by atoms with van der Waals surface area (Å²) in [5.74, 6) is 0. The summed E-state index contributed by atoms with van der Waals surface area (Å²) in [5.41, 5.74) is 4.14. The SMILES string of the molecule is Cc1ccc(CO)cc1NS(=O)(=O)C1=Cc2ccccc2CC1. The Balaban J connectivity index is 1.93. The van der Waals surface area contributed by atoms with Crippen molar-refractivity contribution in [2.24, 2.45) is 0 Å². The van der Waals surface area contributed by atoms with Crippen LogP contribution in [0.1, 0.15) is 28.7 Å². The van der Waals surface area contributed by atoms with E-state index in [4.69, 9.17) is 0 Å². The Morgan fingerprint density at radius 2 is 1.91 bits per heavy atom. The van der Waals surface area contributed by atoms with E-state index >= 15 is 0 Å². The molecule has 2 aromatic rings. The van der Waals surface area contributed by atoms with Gasteiger partial charge < -0.3 is 5.11 Å². The lowest BCUT2D eigenvalue weighted by atomic mass is 9.98. The number of aryl methyl sites for hydroxylation is 2. The highest BCUT2D eigenvalue weighted by Crippen LogP contribution is 2.29. The number of fused-ring (bicyclic) bond motifs is 1. The second kappa shape index (κ2) is 6.18. The molecule has 2 N–H and O–H groups in total. The van der Waals surface area contributed by atoms with Crippen molar-refractivity contribution in [3.8, 4) is 0 Å². The average molecular weight is 329 g/mol. The van der Waals surface area contributed by atoms with Gasteiger partial charge in [-0.25, -0.2) is 8.42 Å². The van der Waals surface area contributed by atoms with Crippen LogP contribution in [0, 0.1) is 6.92 Å². The summed E-state index contributed by atoms with van der Waals surface area (Å²) in [6.07, 6.45) is 2.95. The molecule has 0 unspecified atom stereocenters. The molecule has 0 bridgehead atoms. The average Bonchev–Trinajstić information content (AvgIpc) is 2.56. The maximum atomic E-state index is 12.7. The molecule has 0 saturated carbocycles. The van der Waals surface area contributed by atoms with Crippen LogP contribution in [0.5, 0.6) is 0 Å². The van der Waals surface area contributed by atoms with Crippen molar-refractivity contribution in [2.75, 3.05) is 4.72 Å². The molecule has 4 nitrogen and oxygen atoms in total. The Morgan fingerprint density at radius 1 is 1.13 bits per heavy atom. The van der Waals surface area contributed by atoms with Crippen molar-refractivity contribution in [3.63, 3.8) is 0 Å². The quantitative estimate of drug-likeness (QED) is 0.905. The van der Waals surface area contributed by atoms with E-state index in [1.807, 2.05) is 31.2 Å². The first-order chi connectivity index (χ1) is 11.0. The molecule has 2 aromatic carbocycles. The van der Waals surface area contributed by atoms with Gasteiger partial charge in [-0.05, 0) is 54.2 Å². The predicted octanol–water partition coefficient (Wildman–Crippen LogP) is 3.22. The summed E-state index contributed by atoms with van der Waals surface area (Å²) in [6.45, 7) is 1.72. The number of nitrogens with one attached hydrogen (secondary N) is 1. The molecule has 0 heterocycles. The molecule has 0 fully saturated rings. The Labute approximate surface area is 136 Å². The zero-order valence-electron chi connectivity index (χ0n) is 12.9. The van der Waals surface area contributed by atoms with Gasteiger partial charge in [0.1, 0.15) is 0 Å². The highest BCUT2D eigenvalue weighted by atomic mass is 32.2. The number of aliphatic hydroxyl groups excluding tert-OH is 1. The van der Waals surface area contributed by atoms with Gasteiger partial charge in [-0.15, -0.1) is 0 Å². The fraction of sp³-hybridized carbons (Fsp3) is 0.222. The fourth-order valence-corrected chi connectivity index (χ4v) is 4.00. The standard InChI is InChI=1S/C18H19NO3S/c1-13-6-7-14(12-20)10-18(13)19-23(21,22)17-9-8-15-4-2-3-5-16(15)11-17/h2-7,10-11,19-20H,8-9,12H2,1H3. The number of aliphatic hydroxyl groups is 1. The van der Waals surface area contributed by atoms with Crippen LogP contribution < -0.4 is 4.72 Å². The Kier molecular flexibility index (Phi) is 4.24. The van der Waals surface area contributed by atoms with Crippen LogP contribution in [0.4, 0.5) is 5.69 Å². The van der Waals surface area contributed by atoms with Gasteiger partial charge in [0, 0.05) is 0 Å². The first-order valence-corrected chi connectivity index (χ1v) is 8.99. The van der Waals surface area contributed by atoms with E-state index in [-0.39, 0.29) is 6.61 Å². The number of rotatable bonds is 4. The maximum Gasteiger partial charge on any atom is 0.258 e. The Bertz CT molecular complexity index is 870. The molecule has 5 heteroatoms. The van der Waals surface area contributed by atoms with Gasteiger partial charge in [-0.2, -0.15) is 0 Å². The predicted molar refractivity (Wildman–Crippen MR) is 92.4 cm³/mol. The van der Waals surface area contributed by atoms with Gasteiger partial charge in [0.2, 0.25) is 0 Å². The number of hydrogen-bond donors (Lipinski definition) is 2. The largest absolute Gasteiger partial charge is 0.392 e. The lowest BCUT2D eigenvalue weighted by Crippen LogP contribution is -2.18. The van der Waals surface area contributed by atoms with Crippen LogP contribution in [0.3, 0.4) is 0 Å². The minimum atomic E-state index is -3.60. The molecule has 1 aliphatic carbocycles. The lowest BCUT2D eigenvalue weighted by Gasteiger charge is -2.18. The van der Waals surface area contributed by atoms with Crippen molar-refractivity contribution in [1.82, 2.24) is 0 Å². The molecule has 0 atom stereocenters. The van der Waals surface area contributed by atoms with E-state index in [2.05, 4.69) is 4.72 Å². The molecule has 0 amide bonds. The molecular formula is C18H19NO3S. The second-order valence-electron chi connectivity index (χ2n) is 5.72. The van der Waals surface area contributed by atoms with E-state index in [0.29, 0.717) is 22.6 Å². The molecule has 0 aromatic heterocycles. The third-order valence-corrected chi connectivity index (χ3v) is 5.59. The van der Waals surface area contributed by atoms with Crippen LogP contribution >= 0.6 is 0 Å². The third-order valence-electron chi connectivity index (χ3n) is 4.09. The van der Waals surface area contributed by atoms with Crippen molar-refractivity contribution < 1.29 is 13.5 Å². The van der Waals surface area contributed by atoms with Crippen molar-refractivity contribution in [1.29, 1.82) is 0 Å². The molecule has 3 rings (SSSR count). The molecule has 0 radical (unpaired) electrons. The van der Waals surface area contributed by atoms with E-state index in [0.717, 1.165) is 17.5 Å².